The highest BCUT2D eigenvalue weighted by atomic mass is 32.1. The summed E-state index contributed by atoms with van der Waals surface area (Å²) in [7, 11) is 1.63. The van der Waals surface area contributed by atoms with Crippen LogP contribution in [0, 0.1) is 5.92 Å². The average molecular weight is 391 g/mol. The highest BCUT2D eigenvalue weighted by Gasteiger charge is 2.33. The normalized spacial score (nSPS) is 18.5. The van der Waals surface area contributed by atoms with E-state index in [1.165, 1.54) is 0 Å². The van der Waals surface area contributed by atoms with Gasteiger partial charge in [0.2, 0.25) is 5.91 Å². The van der Waals surface area contributed by atoms with Crippen molar-refractivity contribution in [3.05, 3.63) is 16.1 Å². The molecule has 1 aromatic rings. The Labute approximate surface area is 154 Å². The highest BCUT2D eigenvalue weighted by molar-refractivity contribution is 7.09. The molecule has 1 fully saturated rings. The van der Waals surface area contributed by atoms with Crippen molar-refractivity contribution in [3.63, 3.8) is 0 Å². The molecule has 1 aliphatic rings. The van der Waals surface area contributed by atoms with E-state index >= 15 is 0 Å². The molecule has 1 saturated heterocycles. The maximum absolute atomic E-state index is 12.5. The number of hydrogen-bond acceptors (Lipinski definition) is 4. The van der Waals surface area contributed by atoms with Crippen molar-refractivity contribution in [2.75, 3.05) is 26.7 Å². The van der Waals surface area contributed by atoms with Gasteiger partial charge in [0.05, 0.1) is 5.01 Å². The van der Waals surface area contributed by atoms with E-state index in [1.54, 1.807) is 7.05 Å². The molecule has 0 aromatic carbocycles. The van der Waals surface area contributed by atoms with Crippen LogP contribution in [0.2, 0.25) is 0 Å². The van der Waals surface area contributed by atoms with Crippen molar-refractivity contribution in [1.82, 2.24) is 20.5 Å². The van der Waals surface area contributed by atoms with E-state index in [1.807, 2.05) is 18.7 Å². The SMILES string of the molecule is CN=C(NCCc1nc(C(F)(F)F)cs1)NC1CCN(C(=O)C(C)C)C1. The number of nitrogens with one attached hydrogen (secondary N) is 2. The molecular weight excluding hydrogens is 367 g/mol. The van der Waals surface area contributed by atoms with Gasteiger partial charge in [-0.05, 0) is 6.42 Å². The molecule has 1 atom stereocenters. The van der Waals surface area contributed by atoms with Gasteiger partial charge in [-0.2, -0.15) is 13.2 Å². The van der Waals surface area contributed by atoms with E-state index in [0.717, 1.165) is 23.1 Å². The number of aliphatic imine (C=N–C) groups is 1. The predicted molar refractivity (Wildman–Crippen MR) is 95.1 cm³/mol. The van der Waals surface area contributed by atoms with E-state index in [0.29, 0.717) is 37.0 Å². The largest absolute Gasteiger partial charge is 0.434 e. The molecule has 1 aliphatic heterocycles. The number of alkyl halides is 3. The van der Waals surface area contributed by atoms with Gasteiger partial charge in [0, 0.05) is 50.4 Å². The molecule has 1 amide bonds. The van der Waals surface area contributed by atoms with Gasteiger partial charge in [-0.15, -0.1) is 11.3 Å². The molecule has 6 nitrogen and oxygen atoms in total. The molecule has 0 saturated carbocycles. The van der Waals surface area contributed by atoms with Gasteiger partial charge in [-0.3, -0.25) is 9.79 Å². The molecule has 2 N–H and O–H groups in total. The molecular formula is C16H24F3N5OS. The average Bonchev–Trinajstić information content (AvgIpc) is 3.22. The quantitative estimate of drug-likeness (QED) is 0.596. The van der Waals surface area contributed by atoms with Gasteiger partial charge < -0.3 is 15.5 Å². The fourth-order valence-corrected chi connectivity index (χ4v) is 3.48. The number of carbonyl (C=O) groups excluding carboxylic acids is 1. The summed E-state index contributed by atoms with van der Waals surface area (Å²) in [6, 6.07) is 0.112. The lowest BCUT2D eigenvalue weighted by atomic mass is 10.2. The summed E-state index contributed by atoms with van der Waals surface area (Å²) in [5.41, 5.74) is -0.846. The maximum atomic E-state index is 12.5. The van der Waals surface area contributed by atoms with Gasteiger partial charge in [0.25, 0.3) is 0 Å². The van der Waals surface area contributed by atoms with Crippen LogP contribution in [0.5, 0.6) is 0 Å². The van der Waals surface area contributed by atoms with Gasteiger partial charge in [0.1, 0.15) is 0 Å². The first-order valence-electron chi connectivity index (χ1n) is 8.48. The van der Waals surface area contributed by atoms with E-state index in [9.17, 15) is 18.0 Å². The topological polar surface area (TPSA) is 69.6 Å². The lowest BCUT2D eigenvalue weighted by molar-refractivity contribution is -0.140. The van der Waals surface area contributed by atoms with Gasteiger partial charge >= 0.3 is 6.18 Å². The highest BCUT2D eigenvalue weighted by Crippen LogP contribution is 2.30. The number of likely N-dealkylation sites (tertiary alicyclic amines) is 1. The van der Waals surface area contributed by atoms with Gasteiger partial charge in [0.15, 0.2) is 11.7 Å². The zero-order valence-electron chi connectivity index (χ0n) is 15.1. The third kappa shape index (κ3) is 5.58. The summed E-state index contributed by atoms with van der Waals surface area (Å²) in [5, 5.41) is 7.79. The summed E-state index contributed by atoms with van der Waals surface area (Å²) < 4.78 is 37.6. The number of carbonyl (C=O) groups is 1. The first kappa shape index (κ1) is 20.5. The monoisotopic (exact) mass is 391 g/mol. The number of hydrogen-bond donors (Lipinski definition) is 2. The number of aromatic nitrogens is 1. The second-order valence-electron chi connectivity index (χ2n) is 6.44. The van der Waals surface area contributed by atoms with Crippen LogP contribution >= 0.6 is 11.3 Å². The van der Waals surface area contributed by atoms with Crippen LogP contribution < -0.4 is 10.6 Å². The predicted octanol–water partition coefficient (Wildman–Crippen LogP) is 2.13. The Bertz CT molecular complexity index is 644. The van der Waals surface area contributed by atoms with Crippen LogP contribution in [0.25, 0.3) is 0 Å². The molecule has 0 bridgehead atoms. The van der Waals surface area contributed by atoms with Gasteiger partial charge in [-0.25, -0.2) is 4.98 Å². The van der Waals surface area contributed by atoms with Gasteiger partial charge in [-0.1, -0.05) is 13.8 Å². The van der Waals surface area contributed by atoms with Crippen molar-refractivity contribution in [2.24, 2.45) is 10.9 Å². The standard InChI is InChI=1S/C16H24F3N5OS/c1-10(2)14(25)24-7-5-11(8-24)22-15(20-3)21-6-4-13-23-12(9-26-13)16(17,18)19/h9-11H,4-8H2,1-3H3,(H2,20,21,22). The van der Waals surface area contributed by atoms with Crippen LogP contribution in [0.4, 0.5) is 13.2 Å². The van der Waals surface area contributed by atoms with E-state index in [-0.39, 0.29) is 17.9 Å². The summed E-state index contributed by atoms with van der Waals surface area (Å²) in [5.74, 6) is 0.689. The fraction of sp³-hybridized carbons (Fsp3) is 0.688. The number of thiazole rings is 1. The van der Waals surface area contributed by atoms with Crippen LogP contribution in [-0.2, 0) is 17.4 Å². The summed E-state index contributed by atoms with van der Waals surface area (Å²) in [6.45, 7) is 5.52. The number of amides is 1. The summed E-state index contributed by atoms with van der Waals surface area (Å²) in [6.07, 6.45) is -3.19. The number of guanidine groups is 1. The Balaban J connectivity index is 1.77. The Morgan fingerprint density at radius 1 is 1.50 bits per heavy atom. The van der Waals surface area contributed by atoms with Crippen LogP contribution in [-0.4, -0.2) is 54.5 Å². The third-order valence-electron chi connectivity index (χ3n) is 4.03. The number of halogens is 3. The maximum Gasteiger partial charge on any atom is 0.434 e. The first-order chi connectivity index (χ1) is 12.2. The van der Waals surface area contributed by atoms with E-state index < -0.39 is 11.9 Å². The van der Waals surface area contributed by atoms with Crippen molar-refractivity contribution in [2.45, 2.75) is 38.9 Å². The smallest absolute Gasteiger partial charge is 0.356 e. The molecule has 0 spiro atoms. The van der Waals surface area contributed by atoms with E-state index in [4.69, 9.17) is 0 Å². The molecule has 2 heterocycles. The minimum absolute atomic E-state index is 0.0222. The van der Waals surface area contributed by atoms with Crippen LogP contribution in [0.1, 0.15) is 31.0 Å². The van der Waals surface area contributed by atoms with Crippen molar-refractivity contribution < 1.29 is 18.0 Å². The van der Waals surface area contributed by atoms with Crippen molar-refractivity contribution in [1.29, 1.82) is 0 Å². The minimum atomic E-state index is -4.40. The lowest BCUT2D eigenvalue weighted by Crippen LogP contribution is -2.45. The Morgan fingerprint density at radius 2 is 2.23 bits per heavy atom. The minimum Gasteiger partial charge on any atom is -0.356 e. The molecule has 10 heteroatoms. The van der Waals surface area contributed by atoms with Crippen molar-refractivity contribution >= 4 is 23.2 Å². The Kier molecular flexibility index (Phi) is 6.85. The number of rotatable bonds is 5. The molecule has 26 heavy (non-hydrogen) atoms. The second kappa shape index (κ2) is 8.70. The molecule has 2 rings (SSSR count). The zero-order chi connectivity index (χ0) is 19.3. The zero-order valence-corrected chi connectivity index (χ0v) is 15.9. The lowest BCUT2D eigenvalue weighted by Gasteiger charge is -2.20. The van der Waals surface area contributed by atoms with E-state index in [2.05, 4.69) is 20.6 Å². The Morgan fingerprint density at radius 3 is 2.81 bits per heavy atom. The van der Waals surface area contributed by atoms with Crippen molar-refractivity contribution in [3.8, 4) is 0 Å². The fourth-order valence-electron chi connectivity index (χ4n) is 2.68. The Hall–Kier alpha value is -1.84. The molecule has 1 unspecified atom stereocenters. The summed E-state index contributed by atoms with van der Waals surface area (Å²) in [4.78, 5) is 21.6. The summed E-state index contributed by atoms with van der Waals surface area (Å²) >= 11 is 0.999. The van der Waals surface area contributed by atoms with Crippen LogP contribution in [0.15, 0.2) is 10.4 Å². The van der Waals surface area contributed by atoms with Crippen LogP contribution in [0.3, 0.4) is 0 Å². The molecule has 1 aromatic heterocycles. The molecule has 0 radical (unpaired) electrons. The third-order valence-corrected chi connectivity index (χ3v) is 4.94. The number of nitrogens with zero attached hydrogens (tertiary/aromatic N) is 3. The molecule has 146 valence electrons. The molecule has 0 aliphatic carbocycles. The first-order valence-corrected chi connectivity index (χ1v) is 9.36. The second-order valence-corrected chi connectivity index (χ2v) is 7.38.